The Hall–Kier alpha value is -6.80. The van der Waals surface area contributed by atoms with E-state index in [2.05, 4.69) is 106 Å². The first-order chi connectivity index (χ1) is 28.2. The molecular weight excluding hydrogens is 705 g/mol. The van der Waals surface area contributed by atoms with Crippen molar-refractivity contribution in [3.63, 3.8) is 0 Å². The molecule has 6 aromatic carbocycles. The zero-order chi connectivity index (χ0) is 40.5. The van der Waals surface area contributed by atoms with Crippen molar-refractivity contribution in [3.05, 3.63) is 145 Å². The minimum Gasteiger partial charge on any atom is -0.497 e. The Balaban J connectivity index is 0.000000876. The monoisotopic (exact) mass is 754 g/mol. The van der Waals surface area contributed by atoms with Gasteiger partial charge in [0.05, 0.1) is 36.3 Å². The number of amidine groups is 2. The number of ether oxygens (including phenoxy) is 2. The van der Waals surface area contributed by atoms with Crippen molar-refractivity contribution in [2.24, 2.45) is 15.0 Å². The van der Waals surface area contributed by atoms with Gasteiger partial charge in [-0.1, -0.05) is 102 Å². The largest absolute Gasteiger partial charge is 0.497 e. The minimum absolute atomic E-state index is 0.288. The van der Waals surface area contributed by atoms with E-state index in [-0.39, 0.29) is 6.67 Å². The lowest BCUT2D eigenvalue weighted by Crippen LogP contribution is -2.07. The smallest absolute Gasteiger partial charge is 0.161 e. The molecule has 0 aliphatic rings. The Labute approximate surface area is 334 Å². The Bertz CT molecular complexity index is 2860. The van der Waals surface area contributed by atoms with Crippen LogP contribution in [0.5, 0.6) is 11.5 Å². The van der Waals surface area contributed by atoms with Gasteiger partial charge in [-0.15, -0.1) is 0 Å². The van der Waals surface area contributed by atoms with E-state index in [9.17, 15) is 0 Å². The van der Waals surface area contributed by atoms with Crippen molar-refractivity contribution < 1.29 is 9.47 Å². The molecule has 0 fully saturated rings. The number of rotatable bonds is 6. The Morgan fingerprint density at radius 2 is 1.05 bits per heavy atom. The van der Waals surface area contributed by atoms with Crippen LogP contribution < -0.4 is 9.47 Å². The van der Waals surface area contributed by atoms with Crippen LogP contribution in [-0.4, -0.2) is 46.6 Å². The molecule has 0 atom stereocenters. The van der Waals surface area contributed by atoms with Gasteiger partial charge in [-0.25, -0.2) is 20.0 Å². The van der Waals surface area contributed by atoms with E-state index in [1.165, 1.54) is 10.8 Å². The van der Waals surface area contributed by atoms with E-state index in [1.54, 1.807) is 14.2 Å². The predicted octanol–water partition coefficient (Wildman–Crippen LogP) is 12.5. The summed E-state index contributed by atoms with van der Waals surface area (Å²) in [5.41, 5.74) is 7.71. The first kappa shape index (κ1) is 39.9. The number of para-hydroxylation sites is 2. The standard InChI is InChI=1S/C43H32N6O2.3C2H6/c1-44-41(27-16-20-29(50-2)21-17-27)47-42(28-18-22-30(51-3)23-19-28)45-26-48-36-14-8-6-12-33(36)34-24-25-38-39(40(34)48)46-43-35-13-5-4-10-31(35)32-11-7-9-15-37(32)49(38)43;3*1-2/h4-25H,1,26H2,2-3H3;3*1-2H3/b45-42-,47-41?;;;. The van der Waals surface area contributed by atoms with Crippen LogP contribution in [0.3, 0.4) is 0 Å². The fraction of sp³-hybridized carbons (Fsp3) is 0.184. The summed E-state index contributed by atoms with van der Waals surface area (Å²) in [4.78, 5) is 19.9. The molecule has 0 amide bonds. The van der Waals surface area contributed by atoms with E-state index >= 15 is 0 Å². The number of aromatic nitrogens is 3. The number of methoxy groups -OCH3 is 2. The number of fused-ring (bicyclic) bond motifs is 12. The summed E-state index contributed by atoms with van der Waals surface area (Å²) in [6.45, 7) is 16.1. The molecule has 0 saturated heterocycles. The number of aliphatic imine (C=N–C) groups is 3. The molecule has 0 aliphatic carbocycles. The van der Waals surface area contributed by atoms with Gasteiger partial charge in [-0.2, -0.15) is 0 Å². The average molecular weight is 755 g/mol. The molecule has 0 aliphatic heterocycles. The third-order valence-electron chi connectivity index (χ3n) is 9.58. The van der Waals surface area contributed by atoms with Gasteiger partial charge in [-0.05, 0) is 84.9 Å². The zero-order valence-corrected chi connectivity index (χ0v) is 34.1. The molecule has 0 unspecified atom stereocenters. The van der Waals surface area contributed by atoms with Crippen molar-refractivity contribution in [1.82, 2.24) is 14.0 Å². The third kappa shape index (κ3) is 7.34. The summed E-state index contributed by atoms with van der Waals surface area (Å²) in [6, 6.07) is 45.2. The molecule has 9 aromatic rings. The number of imidazole rings is 1. The maximum atomic E-state index is 5.45. The highest BCUT2D eigenvalue weighted by atomic mass is 16.5. The molecule has 288 valence electrons. The average Bonchev–Trinajstić information content (AvgIpc) is 3.85. The van der Waals surface area contributed by atoms with E-state index < -0.39 is 0 Å². The topological polar surface area (TPSA) is 77.8 Å². The maximum absolute atomic E-state index is 5.45. The first-order valence-electron chi connectivity index (χ1n) is 19.7. The number of benzene rings is 6. The van der Waals surface area contributed by atoms with Crippen molar-refractivity contribution >= 4 is 78.6 Å². The highest BCUT2D eigenvalue weighted by Gasteiger charge is 2.20. The lowest BCUT2D eigenvalue weighted by molar-refractivity contribution is 0.414. The van der Waals surface area contributed by atoms with Crippen molar-refractivity contribution in [2.75, 3.05) is 14.2 Å². The highest BCUT2D eigenvalue weighted by Crippen LogP contribution is 2.38. The number of pyridine rings is 1. The first-order valence-corrected chi connectivity index (χ1v) is 19.7. The third-order valence-corrected chi connectivity index (χ3v) is 9.58. The van der Waals surface area contributed by atoms with Crippen LogP contribution in [0.2, 0.25) is 0 Å². The number of nitrogens with zero attached hydrogens (tertiary/aromatic N) is 6. The van der Waals surface area contributed by atoms with Gasteiger partial charge in [0.1, 0.15) is 29.3 Å². The van der Waals surface area contributed by atoms with Crippen molar-refractivity contribution in [2.45, 2.75) is 48.2 Å². The molecule has 0 N–H and O–H groups in total. The van der Waals surface area contributed by atoms with Gasteiger partial charge in [0.15, 0.2) is 11.7 Å². The lowest BCUT2D eigenvalue weighted by Gasteiger charge is -2.09. The summed E-state index contributed by atoms with van der Waals surface area (Å²) in [5.74, 6) is 2.46. The summed E-state index contributed by atoms with van der Waals surface area (Å²) in [5, 5.41) is 5.74. The molecule has 57 heavy (non-hydrogen) atoms. The van der Waals surface area contributed by atoms with Crippen LogP contribution in [0.4, 0.5) is 0 Å². The number of hydrogen-bond acceptors (Lipinski definition) is 4. The summed E-state index contributed by atoms with van der Waals surface area (Å²) < 4.78 is 15.4. The molecule has 3 aromatic heterocycles. The van der Waals surface area contributed by atoms with Crippen LogP contribution in [0, 0.1) is 0 Å². The van der Waals surface area contributed by atoms with E-state index in [0.29, 0.717) is 11.7 Å². The highest BCUT2D eigenvalue weighted by molar-refractivity contribution is 6.20. The van der Waals surface area contributed by atoms with Gasteiger partial charge in [0.2, 0.25) is 0 Å². The molecule has 0 radical (unpaired) electrons. The summed E-state index contributed by atoms with van der Waals surface area (Å²) in [7, 11) is 3.29. The van der Waals surface area contributed by atoms with Crippen molar-refractivity contribution in [3.8, 4) is 11.5 Å². The fourth-order valence-electron chi connectivity index (χ4n) is 7.16. The molecule has 0 saturated carbocycles. The normalized spacial score (nSPS) is 11.5. The quantitative estimate of drug-likeness (QED) is 0.0963. The molecule has 8 nitrogen and oxygen atoms in total. The molecule has 0 bridgehead atoms. The Morgan fingerprint density at radius 3 is 1.63 bits per heavy atom. The van der Waals surface area contributed by atoms with Gasteiger partial charge in [0.25, 0.3) is 0 Å². The number of hydrogen-bond donors (Lipinski definition) is 0. The second-order valence-electron chi connectivity index (χ2n) is 12.3. The summed E-state index contributed by atoms with van der Waals surface area (Å²) in [6.07, 6.45) is 0. The SMILES string of the molecule is C=NC(=N/C(=N\Cn1c2ccccc2c2ccc3c(nc4c5ccccc5c5ccccc5n34)c21)c1ccc(OC)cc1)c1ccc(OC)cc1.CC.CC.CC. The van der Waals surface area contributed by atoms with Gasteiger partial charge >= 0.3 is 0 Å². The molecule has 9 rings (SSSR count). The van der Waals surface area contributed by atoms with E-state index in [0.717, 1.165) is 72.0 Å². The van der Waals surface area contributed by atoms with E-state index in [4.69, 9.17) is 24.4 Å². The lowest BCUT2D eigenvalue weighted by atomic mass is 10.1. The van der Waals surface area contributed by atoms with Crippen LogP contribution in [0.1, 0.15) is 52.7 Å². The molecular formula is C49H50N6O2. The second kappa shape index (κ2) is 18.2. The van der Waals surface area contributed by atoms with Gasteiger partial charge in [-0.3, -0.25) is 4.40 Å². The molecule has 8 heteroatoms. The van der Waals surface area contributed by atoms with Crippen LogP contribution in [0.25, 0.3) is 60.2 Å². The van der Waals surface area contributed by atoms with Crippen molar-refractivity contribution in [1.29, 1.82) is 0 Å². The second-order valence-corrected chi connectivity index (χ2v) is 12.3. The minimum atomic E-state index is 0.288. The van der Waals surface area contributed by atoms with Gasteiger partial charge in [0, 0.05) is 32.7 Å². The zero-order valence-electron chi connectivity index (χ0n) is 34.1. The van der Waals surface area contributed by atoms with Gasteiger partial charge < -0.3 is 14.0 Å². The Morgan fingerprint density at radius 1 is 0.544 bits per heavy atom. The fourth-order valence-corrected chi connectivity index (χ4v) is 7.16. The predicted molar refractivity (Wildman–Crippen MR) is 243 cm³/mol. The molecule has 0 spiro atoms. The van der Waals surface area contributed by atoms with Crippen LogP contribution >= 0.6 is 0 Å². The van der Waals surface area contributed by atoms with E-state index in [1.807, 2.05) is 90.1 Å². The van der Waals surface area contributed by atoms with Crippen LogP contribution in [0.15, 0.2) is 148 Å². The Kier molecular flexibility index (Phi) is 12.7. The maximum Gasteiger partial charge on any atom is 0.161 e. The summed E-state index contributed by atoms with van der Waals surface area (Å²) >= 11 is 0. The molecule has 3 heterocycles. The van der Waals surface area contributed by atoms with Crippen LogP contribution in [-0.2, 0) is 6.67 Å².